The largest absolute Gasteiger partial charge is 0.396 e. The molecule has 0 saturated heterocycles. The van der Waals surface area contributed by atoms with Gasteiger partial charge in [0, 0.05) is 18.8 Å². The van der Waals surface area contributed by atoms with Gasteiger partial charge in [-0.3, -0.25) is 0 Å². The van der Waals surface area contributed by atoms with Crippen molar-refractivity contribution in [2.75, 3.05) is 12.3 Å². The van der Waals surface area contributed by atoms with Crippen LogP contribution in [0.15, 0.2) is 23.2 Å². The number of sulfonamides is 1. The third-order valence-electron chi connectivity index (χ3n) is 3.27. The number of aliphatic hydroxyl groups excluding tert-OH is 1. The normalized spacial score (nSPS) is 24.3. The van der Waals surface area contributed by atoms with Crippen LogP contribution < -0.4 is 10.5 Å². The topological polar surface area (TPSA) is 105 Å². The number of hydrogen-bond donors (Lipinski definition) is 3. The van der Waals surface area contributed by atoms with Gasteiger partial charge in [0.05, 0.1) is 0 Å². The molecule has 1 heterocycles. The van der Waals surface area contributed by atoms with Crippen molar-refractivity contribution in [1.29, 1.82) is 0 Å². The van der Waals surface area contributed by atoms with Gasteiger partial charge >= 0.3 is 0 Å². The molecule has 0 radical (unpaired) electrons. The van der Waals surface area contributed by atoms with Gasteiger partial charge in [0.1, 0.15) is 10.7 Å². The van der Waals surface area contributed by atoms with Gasteiger partial charge in [0.2, 0.25) is 10.0 Å². The van der Waals surface area contributed by atoms with Crippen LogP contribution in [-0.4, -0.2) is 31.2 Å². The van der Waals surface area contributed by atoms with Gasteiger partial charge in [0.15, 0.2) is 0 Å². The maximum atomic E-state index is 12.1. The maximum Gasteiger partial charge on any atom is 0.242 e. The van der Waals surface area contributed by atoms with E-state index < -0.39 is 10.0 Å². The molecule has 2 rings (SSSR count). The molecule has 7 heteroatoms. The lowest BCUT2D eigenvalue weighted by molar-refractivity contribution is 0.213. The lowest BCUT2D eigenvalue weighted by atomic mass is 10.1. The fraction of sp³-hybridized carbons (Fsp3) is 0.545. The summed E-state index contributed by atoms with van der Waals surface area (Å²) in [6.45, 7) is 0.00712. The Hall–Kier alpha value is -1.18. The van der Waals surface area contributed by atoms with E-state index >= 15 is 0 Å². The second-order valence-electron chi connectivity index (χ2n) is 4.52. The molecule has 1 aromatic rings. The molecule has 2 atom stereocenters. The van der Waals surface area contributed by atoms with Gasteiger partial charge in [0.25, 0.3) is 0 Å². The highest BCUT2D eigenvalue weighted by atomic mass is 32.2. The van der Waals surface area contributed by atoms with Gasteiger partial charge < -0.3 is 10.8 Å². The van der Waals surface area contributed by atoms with Gasteiger partial charge in [-0.1, -0.05) is 6.42 Å². The van der Waals surface area contributed by atoms with Crippen LogP contribution in [0.4, 0.5) is 5.82 Å². The van der Waals surface area contributed by atoms with Crippen LogP contribution in [0.25, 0.3) is 0 Å². The number of pyridine rings is 1. The number of aromatic nitrogens is 1. The van der Waals surface area contributed by atoms with E-state index in [4.69, 9.17) is 5.73 Å². The highest BCUT2D eigenvalue weighted by molar-refractivity contribution is 7.89. The van der Waals surface area contributed by atoms with E-state index in [1.807, 2.05) is 0 Å². The Bertz CT molecular complexity index is 501. The summed E-state index contributed by atoms with van der Waals surface area (Å²) < 4.78 is 26.8. The van der Waals surface area contributed by atoms with Crippen LogP contribution in [-0.2, 0) is 10.0 Å². The number of anilines is 1. The highest BCUT2D eigenvalue weighted by Crippen LogP contribution is 2.26. The zero-order chi connectivity index (χ0) is 13.2. The first kappa shape index (κ1) is 13.3. The Morgan fingerprint density at radius 3 is 2.83 bits per heavy atom. The van der Waals surface area contributed by atoms with Gasteiger partial charge in [-0.2, -0.15) is 0 Å². The number of hydrogen-bond acceptors (Lipinski definition) is 5. The number of nitrogens with two attached hydrogens (primary N) is 1. The minimum atomic E-state index is -3.58. The standard InChI is InChI=1S/C11H17N3O3S/c12-11-5-4-9(6-13-11)18(16,17)14-10-3-1-2-8(10)7-15/h4-6,8,10,14-15H,1-3,7H2,(H2,12,13). The van der Waals surface area contributed by atoms with E-state index in [0.29, 0.717) is 0 Å². The zero-order valence-electron chi connectivity index (χ0n) is 9.91. The molecule has 0 spiro atoms. The average molecular weight is 271 g/mol. The van der Waals surface area contributed by atoms with E-state index in [1.54, 1.807) is 0 Å². The fourth-order valence-electron chi connectivity index (χ4n) is 2.23. The van der Waals surface area contributed by atoms with Crippen molar-refractivity contribution in [1.82, 2.24) is 9.71 Å². The number of nitrogen functional groups attached to an aromatic ring is 1. The first-order chi connectivity index (χ1) is 8.53. The minimum absolute atomic E-state index is 0.00140. The molecular formula is C11H17N3O3S. The van der Waals surface area contributed by atoms with Gasteiger partial charge in [-0.05, 0) is 30.9 Å². The van der Waals surface area contributed by atoms with Crippen LogP contribution in [0.3, 0.4) is 0 Å². The highest BCUT2D eigenvalue weighted by Gasteiger charge is 2.30. The van der Waals surface area contributed by atoms with Crippen molar-refractivity contribution in [3.8, 4) is 0 Å². The van der Waals surface area contributed by atoms with E-state index in [0.717, 1.165) is 19.3 Å². The van der Waals surface area contributed by atoms with Gasteiger partial charge in [-0.25, -0.2) is 18.1 Å². The van der Waals surface area contributed by atoms with E-state index in [1.165, 1.54) is 18.3 Å². The average Bonchev–Trinajstić information content (AvgIpc) is 2.76. The van der Waals surface area contributed by atoms with Crippen LogP contribution >= 0.6 is 0 Å². The van der Waals surface area contributed by atoms with Crippen molar-refractivity contribution in [3.05, 3.63) is 18.3 Å². The monoisotopic (exact) mass is 271 g/mol. The number of aliphatic hydroxyl groups is 1. The van der Waals surface area contributed by atoms with Gasteiger partial charge in [-0.15, -0.1) is 0 Å². The molecule has 4 N–H and O–H groups in total. The predicted octanol–water partition coefficient (Wildman–Crippen LogP) is 0.103. The molecule has 100 valence electrons. The van der Waals surface area contributed by atoms with Crippen molar-refractivity contribution < 1.29 is 13.5 Å². The molecule has 1 fully saturated rings. The summed E-state index contributed by atoms with van der Waals surface area (Å²) in [5.74, 6) is 0.282. The third-order valence-corrected chi connectivity index (χ3v) is 4.74. The second-order valence-corrected chi connectivity index (χ2v) is 6.23. The summed E-state index contributed by atoms with van der Waals surface area (Å²) in [5, 5.41) is 9.18. The van der Waals surface area contributed by atoms with Crippen molar-refractivity contribution in [2.45, 2.75) is 30.2 Å². The SMILES string of the molecule is Nc1ccc(S(=O)(=O)NC2CCCC2CO)cn1. The maximum absolute atomic E-state index is 12.1. The lowest BCUT2D eigenvalue weighted by Gasteiger charge is -2.18. The number of rotatable bonds is 4. The summed E-state index contributed by atoms with van der Waals surface area (Å²) in [4.78, 5) is 3.87. The van der Waals surface area contributed by atoms with E-state index in [2.05, 4.69) is 9.71 Å². The van der Waals surface area contributed by atoms with Crippen LogP contribution in [0.1, 0.15) is 19.3 Å². The van der Waals surface area contributed by atoms with Crippen molar-refractivity contribution in [2.24, 2.45) is 5.92 Å². The van der Waals surface area contributed by atoms with Crippen LogP contribution in [0, 0.1) is 5.92 Å². The summed E-state index contributed by atoms with van der Waals surface area (Å²) in [5.41, 5.74) is 5.42. The molecule has 0 amide bonds. The molecule has 6 nitrogen and oxygen atoms in total. The molecule has 0 bridgehead atoms. The third kappa shape index (κ3) is 2.80. The second kappa shape index (κ2) is 5.21. The zero-order valence-corrected chi connectivity index (χ0v) is 10.7. The first-order valence-electron chi connectivity index (χ1n) is 5.87. The summed E-state index contributed by atoms with van der Waals surface area (Å²) >= 11 is 0. The quantitative estimate of drug-likeness (QED) is 0.720. The number of nitrogens with one attached hydrogen (secondary N) is 1. The van der Waals surface area contributed by atoms with Crippen LogP contribution in [0.2, 0.25) is 0 Å². The first-order valence-corrected chi connectivity index (χ1v) is 7.36. The molecule has 1 aliphatic carbocycles. The van der Waals surface area contributed by atoms with Crippen LogP contribution in [0.5, 0.6) is 0 Å². The number of nitrogens with zero attached hydrogens (tertiary/aromatic N) is 1. The molecule has 0 aromatic carbocycles. The minimum Gasteiger partial charge on any atom is -0.396 e. The Morgan fingerprint density at radius 2 is 2.22 bits per heavy atom. The Balaban J connectivity index is 2.14. The lowest BCUT2D eigenvalue weighted by Crippen LogP contribution is -2.38. The molecular weight excluding hydrogens is 254 g/mol. The summed E-state index contributed by atoms with van der Waals surface area (Å²) in [6.07, 6.45) is 3.77. The van der Waals surface area contributed by atoms with Crippen molar-refractivity contribution in [3.63, 3.8) is 0 Å². The Labute approximate surface area is 106 Å². The molecule has 2 unspecified atom stereocenters. The predicted molar refractivity (Wildman–Crippen MR) is 67.2 cm³/mol. The molecule has 18 heavy (non-hydrogen) atoms. The van der Waals surface area contributed by atoms with Crippen molar-refractivity contribution >= 4 is 15.8 Å². The smallest absolute Gasteiger partial charge is 0.242 e. The summed E-state index contributed by atoms with van der Waals surface area (Å²) in [6, 6.07) is 2.68. The molecule has 1 saturated carbocycles. The molecule has 1 aromatic heterocycles. The molecule has 1 aliphatic rings. The van der Waals surface area contributed by atoms with E-state index in [9.17, 15) is 13.5 Å². The molecule has 0 aliphatic heterocycles. The van der Waals surface area contributed by atoms with E-state index in [-0.39, 0.29) is 29.3 Å². The Kier molecular flexibility index (Phi) is 3.84. The Morgan fingerprint density at radius 1 is 1.44 bits per heavy atom. The fourth-order valence-corrected chi connectivity index (χ4v) is 3.51. The summed E-state index contributed by atoms with van der Waals surface area (Å²) in [7, 11) is -3.58.